The average Bonchev–Trinajstić information content (AvgIpc) is 2.50. The van der Waals surface area contributed by atoms with Crippen LogP contribution in [-0.2, 0) is 9.53 Å². The van der Waals surface area contributed by atoms with Gasteiger partial charge in [0.25, 0.3) is 0 Å². The van der Waals surface area contributed by atoms with Crippen molar-refractivity contribution in [2.45, 2.75) is 39.2 Å². The number of anilines is 1. The van der Waals surface area contributed by atoms with E-state index in [0.717, 1.165) is 0 Å². The lowest BCUT2D eigenvalue weighted by Crippen LogP contribution is -2.45. The van der Waals surface area contributed by atoms with E-state index in [0.29, 0.717) is 23.9 Å². The summed E-state index contributed by atoms with van der Waals surface area (Å²) in [5.41, 5.74) is -0.449. The van der Waals surface area contributed by atoms with Gasteiger partial charge in [-0.25, -0.2) is 9.18 Å². The lowest BCUT2D eigenvalue weighted by molar-refractivity contribution is -0.121. The lowest BCUT2D eigenvalue weighted by atomic mass is 9.97. The quantitative estimate of drug-likeness (QED) is 0.809. The number of piperidine rings is 1. The molecule has 2 amide bonds. The van der Waals surface area contributed by atoms with Crippen molar-refractivity contribution in [1.82, 2.24) is 4.90 Å². The van der Waals surface area contributed by atoms with Gasteiger partial charge in [-0.1, -0.05) is 6.07 Å². The third-order valence-electron chi connectivity index (χ3n) is 3.65. The number of nitrogens with zero attached hydrogens (tertiary/aromatic N) is 1. The van der Waals surface area contributed by atoms with Gasteiger partial charge in [-0.2, -0.15) is 0 Å². The number of likely N-dealkylation sites (tertiary alicyclic amines) is 1. The molecule has 0 aromatic heterocycles. The third-order valence-corrected chi connectivity index (χ3v) is 4.27. The Hall–Kier alpha value is -1.63. The fraction of sp³-hybridized carbons (Fsp3) is 0.529. The molecule has 1 aliphatic heterocycles. The van der Waals surface area contributed by atoms with Crippen LogP contribution in [-0.4, -0.2) is 35.6 Å². The predicted molar refractivity (Wildman–Crippen MR) is 93.3 cm³/mol. The van der Waals surface area contributed by atoms with Crippen LogP contribution in [0.15, 0.2) is 22.7 Å². The van der Waals surface area contributed by atoms with Gasteiger partial charge >= 0.3 is 6.09 Å². The molecule has 1 fully saturated rings. The van der Waals surface area contributed by atoms with Crippen LogP contribution in [0.2, 0.25) is 0 Å². The fourth-order valence-electron chi connectivity index (χ4n) is 2.52. The average molecular weight is 401 g/mol. The van der Waals surface area contributed by atoms with Gasteiger partial charge in [0.15, 0.2) is 5.82 Å². The Labute approximate surface area is 149 Å². The Balaban J connectivity index is 2.00. The molecule has 1 atom stereocenters. The summed E-state index contributed by atoms with van der Waals surface area (Å²) in [6.07, 6.45) is 0.938. The molecule has 1 aromatic carbocycles. The molecule has 0 radical (unpaired) electrons. The van der Waals surface area contributed by atoms with Crippen LogP contribution >= 0.6 is 15.9 Å². The van der Waals surface area contributed by atoms with Crippen LogP contribution in [0, 0.1) is 11.7 Å². The number of nitrogens with one attached hydrogen (secondary N) is 1. The van der Waals surface area contributed by atoms with Gasteiger partial charge in [0.2, 0.25) is 5.91 Å². The van der Waals surface area contributed by atoms with Crippen LogP contribution in [0.4, 0.5) is 14.9 Å². The first-order chi connectivity index (χ1) is 11.2. The number of benzene rings is 1. The molecular weight excluding hydrogens is 379 g/mol. The summed E-state index contributed by atoms with van der Waals surface area (Å²) in [7, 11) is 0. The maximum Gasteiger partial charge on any atom is 0.410 e. The van der Waals surface area contributed by atoms with E-state index < -0.39 is 17.5 Å². The van der Waals surface area contributed by atoms with E-state index in [1.807, 2.05) is 0 Å². The van der Waals surface area contributed by atoms with E-state index in [4.69, 9.17) is 4.74 Å². The van der Waals surface area contributed by atoms with E-state index in [1.54, 1.807) is 32.9 Å². The molecule has 0 unspecified atom stereocenters. The summed E-state index contributed by atoms with van der Waals surface area (Å²) < 4.78 is 19.6. The molecule has 1 N–H and O–H groups in total. The molecule has 2 rings (SSSR count). The summed E-state index contributed by atoms with van der Waals surface area (Å²) in [5.74, 6) is -1.18. The van der Waals surface area contributed by atoms with Crippen molar-refractivity contribution in [2.24, 2.45) is 5.92 Å². The molecule has 1 aliphatic rings. The normalized spacial score (nSPS) is 18.2. The van der Waals surface area contributed by atoms with Gasteiger partial charge in [-0.15, -0.1) is 0 Å². The van der Waals surface area contributed by atoms with Crippen molar-refractivity contribution in [3.8, 4) is 0 Å². The van der Waals surface area contributed by atoms with Crippen LogP contribution in [0.5, 0.6) is 0 Å². The van der Waals surface area contributed by atoms with Crippen LogP contribution in [0.3, 0.4) is 0 Å². The molecular formula is C17H22BrFN2O3. The molecule has 0 aliphatic carbocycles. The van der Waals surface area contributed by atoms with E-state index in [-0.39, 0.29) is 24.1 Å². The first kappa shape index (κ1) is 18.7. The minimum atomic E-state index is -0.578. The van der Waals surface area contributed by atoms with Crippen molar-refractivity contribution in [3.05, 3.63) is 28.5 Å². The highest BCUT2D eigenvalue weighted by atomic mass is 79.9. The molecule has 1 saturated heterocycles. The summed E-state index contributed by atoms with van der Waals surface area (Å²) in [5, 5.41) is 2.61. The number of hydrogen-bond acceptors (Lipinski definition) is 3. The first-order valence-electron chi connectivity index (χ1n) is 7.90. The van der Waals surface area contributed by atoms with Gasteiger partial charge in [0.1, 0.15) is 5.60 Å². The molecule has 0 bridgehead atoms. The maximum absolute atomic E-state index is 14.0. The summed E-state index contributed by atoms with van der Waals surface area (Å²) in [6, 6.07) is 4.72. The van der Waals surface area contributed by atoms with E-state index >= 15 is 0 Å². The number of halogens is 2. The van der Waals surface area contributed by atoms with Gasteiger partial charge in [0, 0.05) is 13.1 Å². The van der Waals surface area contributed by atoms with Gasteiger partial charge in [-0.05, 0) is 61.7 Å². The van der Waals surface area contributed by atoms with Crippen LogP contribution in [0.25, 0.3) is 0 Å². The molecule has 24 heavy (non-hydrogen) atoms. The van der Waals surface area contributed by atoms with E-state index in [1.165, 1.54) is 11.0 Å². The second-order valence-corrected chi connectivity index (χ2v) is 7.71. The second-order valence-electron chi connectivity index (χ2n) is 6.86. The van der Waals surface area contributed by atoms with Crippen LogP contribution < -0.4 is 5.32 Å². The van der Waals surface area contributed by atoms with Crippen molar-refractivity contribution < 1.29 is 18.7 Å². The Morgan fingerprint density at radius 3 is 2.75 bits per heavy atom. The SMILES string of the molecule is CC(C)(C)OC(=O)N1CCC[C@H](C(=O)Nc2cccc(Br)c2F)C1. The number of carbonyl (C=O) groups is 2. The molecule has 1 heterocycles. The Morgan fingerprint density at radius 2 is 2.08 bits per heavy atom. The highest BCUT2D eigenvalue weighted by Crippen LogP contribution is 2.25. The maximum atomic E-state index is 14.0. The molecule has 7 heteroatoms. The third kappa shape index (κ3) is 4.93. The minimum Gasteiger partial charge on any atom is -0.444 e. The standard InChI is InChI=1S/C17H22BrFN2O3/c1-17(2,3)24-16(23)21-9-5-6-11(10-21)15(22)20-13-8-4-7-12(18)14(13)19/h4,7-8,11H,5-6,9-10H2,1-3H3,(H,20,22)/t11-/m0/s1. The Kier molecular flexibility index (Phi) is 5.85. The smallest absolute Gasteiger partial charge is 0.410 e. The largest absolute Gasteiger partial charge is 0.444 e. The van der Waals surface area contributed by atoms with Crippen molar-refractivity contribution in [1.29, 1.82) is 0 Å². The fourth-order valence-corrected chi connectivity index (χ4v) is 2.88. The molecule has 0 saturated carbocycles. The van der Waals surface area contributed by atoms with E-state index in [9.17, 15) is 14.0 Å². The topological polar surface area (TPSA) is 58.6 Å². The van der Waals surface area contributed by atoms with Crippen molar-refractivity contribution >= 4 is 33.6 Å². The molecule has 5 nitrogen and oxygen atoms in total. The highest BCUT2D eigenvalue weighted by molar-refractivity contribution is 9.10. The molecule has 0 spiro atoms. The van der Waals surface area contributed by atoms with Gasteiger partial charge < -0.3 is 15.0 Å². The number of hydrogen-bond donors (Lipinski definition) is 1. The van der Waals surface area contributed by atoms with Crippen molar-refractivity contribution in [2.75, 3.05) is 18.4 Å². The molecule has 1 aromatic rings. The number of rotatable bonds is 2. The van der Waals surface area contributed by atoms with E-state index in [2.05, 4.69) is 21.2 Å². The van der Waals surface area contributed by atoms with Crippen LogP contribution in [0.1, 0.15) is 33.6 Å². The first-order valence-corrected chi connectivity index (χ1v) is 8.69. The summed E-state index contributed by atoms with van der Waals surface area (Å²) in [4.78, 5) is 26.1. The highest BCUT2D eigenvalue weighted by Gasteiger charge is 2.31. The second kappa shape index (κ2) is 7.51. The number of amides is 2. The number of carbonyl (C=O) groups excluding carboxylic acids is 2. The Morgan fingerprint density at radius 1 is 1.38 bits per heavy atom. The molecule has 132 valence electrons. The lowest BCUT2D eigenvalue weighted by Gasteiger charge is -2.33. The number of ether oxygens (including phenoxy) is 1. The summed E-state index contributed by atoms with van der Waals surface area (Å²) >= 11 is 3.09. The zero-order valence-electron chi connectivity index (χ0n) is 14.1. The zero-order valence-corrected chi connectivity index (χ0v) is 15.7. The van der Waals surface area contributed by atoms with Gasteiger partial charge in [0.05, 0.1) is 16.1 Å². The zero-order chi connectivity index (χ0) is 17.9. The van der Waals surface area contributed by atoms with Crippen molar-refractivity contribution in [3.63, 3.8) is 0 Å². The monoisotopic (exact) mass is 400 g/mol. The predicted octanol–water partition coefficient (Wildman–Crippen LogP) is 4.17. The minimum absolute atomic E-state index is 0.128. The Bertz CT molecular complexity index is 631. The summed E-state index contributed by atoms with van der Waals surface area (Å²) in [6.45, 7) is 6.24. The van der Waals surface area contributed by atoms with Gasteiger partial charge in [-0.3, -0.25) is 4.79 Å².